The van der Waals surface area contributed by atoms with Crippen LogP contribution >= 0.6 is 11.3 Å². The Morgan fingerprint density at radius 1 is 1.34 bits per heavy atom. The van der Waals surface area contributed by atoms with Gasteiger partial charge in [0.15, 0.2) is 6.10 Å². The number of aromatic nitrogens is 1. The van der Waals surface area contributed by atoms with Crippen LogP contribution in [0.25, 0.3) is 0 Å². The van der Waals surface area contributed by atoms with E-state index in [1.165, 1.54) is 30.2 Å². The van der Waals surface area contributed by atoms with Crippen LogP contribution in [-0.4, -0.2) is 42.0 Å². The second-order valence-corrected chi connectivity index (χ2v) is 8.17. The average Bonchev–Trinajstić information content (AvgIpc) is 3.21. The highest BCUT2D eigenvalue weighted by atomic mass is 32.1. The lowest BCUT2D eigenvalue weighted by atomic mass is 9.97. The summed E-state index contributed by atoms with van der Waals surface area (Å²) in [5, 5.41) is 4.31. The van der Waals surface area contributed by atoms with E-state index in [0.717, 1.165) is 17.4 Å². The number of amides is 2. The van der Waals surface area contributed by atoms with E-state index in [1.807, 2.05) is 0 Å². The fourth-order valence-electron chi connectivity index (χ4n) is 3.37. The van der Waals surface area contributed by atoms with Crippen LogP contribution in [0.3, 0.4) is 0 Å². The standard InChI is InChI=1S/C20H21F3N4O4S/c1-11(17(29)26-18-13(15(24)28)6-9-32-18)31-19(30)12-4-3-8-27(10-12)16-14(20(21,22)23)5-2-7-25-16/h2,5-7,9,11-12H,3-4,8,10H2,1H3,(H2,24,28)(H,26,29). The number of halogens is 3. The number of thiophene rings is 1. The minimum absolute atomic E-state index is 0.00991. The number of hydrogen-bond acceptors (Lipinski definition) is 7. The second-order valence-electron chi connectivity index (χ2n) is 7.25. The Hall–Kier alpha value is -3.15. The number of hydrogen-bond donors (Lipinski definition) is 2. The van der Waals surface area contributed by atoms with Gasteiger partial charge in [-0.25, -0.2) is 4.98 Å². The molecule has 0 saturated carbocycles. The first-order chi connectivity index (χ1) is 15.1. The number of alkyl halides is 3. The molecule has 0 spiro atoms. The van der Waals surface area contributed by atoms with Gasteiger partial charge in [0.1, 0.15) is 10.8 Å². The summed E-state index contributed by atoms with van der Waals surface area (Å²) >= 11 is 1.09. The smallest absolute Gasteiger partial charge is 0.419 e. The van der Waals surface area contributed by atoms with E-state index in [0.29, 0.717) is 19.4 Å². The van der Waals surface area contributed by atoms with Gasteiger partial charge in [0.2, 0.25) is 0 Å². The van der Waals surface area contributed by atoms with Crippen LogP contribution in [0.2, 0.25) is 0 Å². The van der Waals surface area contributed by atoms with Crippen molar-refractivity contribution < 1.29 is 32.3 Å². The molecule has 12 heteroatoms. The topological polar surface area (TPSA) is 115 Å². The van der Waals surface area contributed by atoms with Crippen LogP contribution < -0.4 is 16.0 Å². The van der Waals surface area contributed by atoms with E-state index in [-0.39, 0.29) is 22.9 Å². The fourth-order valence-corrected chi connectivity index (χ4v) is 4.17. The zero-order chi connectivity index (χ0) is 23.5. The number of ether oxygens (including phenoxy) is 1. The number of carbonyl (C=O) groups excluding carboxylic acids is 3. The predicted molar refractivity (Wildman–Crippen MR) is 111 cm³/mol. The molecular formula is C20H21F3N4O4S. The Morgan fingerprint density at radius 3 is 2.78 bits per heavy atom. The molecular weight excluding hydrogens is 449 g/mol. The van der Waals surface area contributed by atoms with Crippen LogP contribution in [0.1, 0.15) is 35.7 Å². The lowest BCUT2D eigenvalue weighted by Crippen LogP contribution is -2.42. The monoisotopic (exact) mass is 470 g/mol. The number of rotatable bonds is 6. The fraction of sp³-hybridized carbons (Fsp3) is 0.400. The molecule has 0 aromatic carbocycles. The molecule has 2 unspecified atom stereocenters. The van der Waals surface area contributed by atoms with Crippen molar-refractivity contribution >= 4 is 39.9 Å². The van der Waals surface area contributed by atoms with Gasteiger partial charge in [0.05, 0.1) is 17.0 Å². The molecule has 2 atom stereocenters. The number of piperidine rings is 1. The minimum atomic E-state index is -4.57. The van der Waals surface area contributed by atoms with Crippen molar-refractivity contribution in [2.75, 3.05) is 23.3 Å². The van der Waals surface area contributed by atoms with Crippen LogP contribution in [0.4, 0.5) is 24.0 Å². The first kappa shape index (κ1) is 23.5. The highest BCUT2D eigenvalue weighted by Crippen LogP contribution is 2.36. The molecule has 3 N–H and O–H groups in total. The average molecular weight is 470 g/mol. The van der Waals surface area contributed by atoms with Crippen molar-refractivity contribution in [1.82, 2.24) is 4.98 Å². The van der Waals surface area contributed by atoms with E-state index in [4.69, 9.17) is 10.5 Å². The zero-order valence-electron chi connectivity index (χ0n) is 17.0. The Bertz CT molecular complexity index is 1010. The minimum Gasteiger partial charge on any atom is -0.452 e. The number of primary amides is 1. The molecule has 1 fully saturated rings. The van der Waals surface area contributed by atoms with E-state index in [1.54, 1.807) is 5.38 Å². The quantitative estimate of drug-likeness (QED) is 0.628. The lowest BCUT2D eigenvalue weighted by molar-refractivity contribution is -0.157. The third-order valence-corrected chi connectivity index (χ3v) is 5.81. The zero-order valence-corrected chi connectivity index (χ0v) is 17.8. The molecule has 3 heterocycles. The summed E-state index contributed by atoms with van der Waals surface area (Å²) in [6.45, 7) is 1.67. The number of anilines is 2. The summed E-state index contributed by atoms with van der Waals surface area (Å²) < 4.78 is 45.2. The van der Waals surface area contributed by atoms with Crippen molar-refractivity contribution in [3.63, 3.8) is 0 Å². The maximum absolute atomic E-state index is 13.3. The molecule has 1 saturated heterocycles. The summed E-state index contributed by atoms with van der Waals surface area (Å²) in [4.78, 5) is 41.6. The molecule has 0 bridgehead atoms. The highest BCUT2D eigenvalue weighted by molar-refractivity contribution is 7.14. The number of carbonyl (C=O) groups is 3. The van der Waals surface area contributed by atoms with Gasteiger partial charge in [0, 0.05) is 19.3 Å². The maximum Gasteiger partial charge on any atom is 0.419 e. The lowest BCUT2D eigenvalue weighted by Gasteiger charge is -2.34. The Morgan fingerprint density at radius 2 is 2.09 bits per heavy atom. The van der Waals surface area contributed by atoms with Gasteiger partial charge in [-0.15, -0.1) is 11.3 Å². The molecule has 2 aromatic heterocycles. The van der Waals surface area contributed by atoms with Gasteiger partial charge in [0.25, 0.3) is 11.8 Å². The maximum atomic E-state index is 13.3. The van der Waals surface area contributed by atoms with Crippen molar-refractivity contribution in [3.8, 4) is 0 Å². The Kier molecular flexibility index (Phi) is 7.02. The first-order valence-corrected chi connectivity index (χ1v) is 10.6. The molecule has 1 aliphatic heterocycles. The normalized spacial score (nSPS) is 17.5. The molecule has 32 heavy (non-hydrogen) atoms. The van der Waals surface area contributed by atoms with Crippen molar-refractivity contribution in [2.24, 2.45) is 11.7 Å². The summed E-state index contributed by atoms with van der Waals surface area (Å²) in [7, 11) is 0. The summed E-state index contributed by atoms with van der Waals surface area (Å²) in [5.41, 5.74) is 4.51. The van der Waals surface area contributed by atoms with E-state index >= 15 is 0 Å². The molecule has 0 aliphatic carbocycles. The van der Waals surface area contributed by atoms with Gasteiger partial charge in [-0.1, -0.05) is 0 Å². The number of esters is 1. The van der Waals surface area contributed by atoms with Crippen molar-refractivity contribution in [3.05, 3.63) is 40.9 Å². The number of nitrogens with two attached hydrogens (primary N) is 1. The largest absolute Gasteiger partial charge is 0.452 e. The van der Waals surface area contributed by atoms with Gasteiger partial charge in [-0.2, -0.15) is 13.2 Å². The van der Waals surface area contributed by atoms with E-state index < -0.39 is 41.5 Å². The molecule has 0 radical (unpaired) electrons. The highest BCUT2D eigenvalue weighted by Gasteiger charge is 2.38. The number of pyridine rings is 1. The van der Waals surface area contributed by atoms with Gasteiger partial charge >= 0.3 is 12.1 Å². The molecule has 172 valence electrons. The molecule has 1 aliphatic rings. The third kappa shape index (κ3) is 5.36. The SMILES string of the molecule is CC(OC(=O)C1CCCN(c2ncccc2C(F)(F)F)C1)C(=O)Nc1sccc1C(N)=O. The summed E-state index contributed by atoms with van der Waals surface area (Å²) in [6, 6.07) is 3.61. The summed E-state index contributed by atoms with van der Waals surface area (Å²) in [6.07, 6.45) is -3.61. The Balaban J connectivity index is 1.64. The van der Waals surface area contributed by atoms with Gasteiger partial charge in [-0.3, -0.25) is 14.4 Å². The van der Waals surface area contributed by atoms with Crippen LogP contribution in [0.15, 0.2) is 29.8 Å². The molecule has 2 aromatic rings. The van der Waals surface area contributed by atoms with E-state index in [2.05, 4.69) is 10.3 Å². The molecule has 2 amide bonds. The van der Waals surface area contributed by atoms with Gasteiger partial charge < -0.3 is 20.7 Å². The third-order valence-electron chi connectivity index (χ3n) is 4.98. The second kappa shape index (κ2) is 9.55. The van der Waals surface area contributed by atoms with Crippen LogP contribution in [0, 0.1) is 5.92 Å². The molecule has 3 rings (SSSR count). The van der Waals surface area contributed by atoms with E-state index in [9.17, 15) is 27.6 Å². The number of nitrogens with zero attached hydrogens (tertiary/aromatic N) is 2. The van der Waals surface area contributed by atoms with Gasteiger partial charge in [-0.05, 0) is 43.3 Å². The predicted octanol–water partition coefficient (Wildman–Crippen LogP) is 3.05. The van der Waals surface area contributed by atoms with Crippen LogP contribution in [0.5, 0.6) is 0 Å². The number of nitrogens with one attached hydrogen (secondary N) is 1. The van der Waals surface area contributed by atoms with Crippen molar-refractivity contribution in [1.29, 1.82) is 0 Å². The Labute approximate surface area is 185 Å². The van der Waals surface area contributed by atoms with Crippen molar-refractivity contribution in [2.45, 2.75) is 32.0 Å². The molecule has 8 nitrogen and oxygen atoms in total. The van der Waals surface area contributed by atoms with Crippen LogP contribution in [-0.2, 0) is 20.5 Å². The first-order valence-electron chi connectivity index (χ1n) is 9.73. The summed E-state index contributed by atoms with van der Waals surface area (Å²) in [5.74, 6) is -3.01.